The summed E-state index contributed by atoms with van der Waals surface area (Å²) in [6.45, 7) is 0. The third-order valence-corrected chi connectivity index (χ3v) is 3.31. The molecule has 0 saturated carbocycles. The van der Waals surface area contributed by atoms with Crippen LogP contribution in [0.25, 0.3) is 0 Å². The number of rotatable bonds is 10. The van der Waals surface area contributed by atoms with E-state index in [4.69, 9.17) is 15.3 Å². The van der Waals surface area contributed by atoms with Gasteiger partial charge in [-0.15, -0.1) is 23.5 Å². The Morgan fingerprint density at radius 1 is 0.867 bits per heavy atom. The summed E-state index contributed by atoms with van der Waals surface area (Å²) < 4.78 is 5.35. The van der Waals surface area contributed by atoms with Gasteiger partial charge in [-0.3, -0.25) is 0 Å². The average Bonchev–Trinajstić information content (AvgIpc) is 2.26. The van der Waals surface area contributed by atoms with E-state index < -0.39 is 0 Å². The Kier molecular flexibility index (Phi) is 13.3. The smallest absolute Gasteiger partial charge is 0.0932 e. The first-order chi connectivity index (χ1) is 7.41. The number of hydrogen-bond acceptors (Lipinski definition) is 5. The molecule has 0 unspecified atom stereocenters. The highest BCUT2D eigenvalue weighted by Gasteiger charge is 1.91. The molecule has 0 aliphatic carbocycles. The van der Waals surface area contributed by atoms with Gasteiger partial charge in [-0.25, -0.2) is 0 Å². The van der Waals surface area contributed by atoms with Crippen LogP contribution >= 0.6 is 23.5 Å². The zero-order valence-corrected chi connectivity index (χ0v) is 10.4. The molecule has 3 nitrogen and oxygen atoms in total. The molecule has 0 amide bonds. The summed E-state index contributed by atoms with van der Waals surface area (Å²) in [6.07, 6.45) is 3.16. The van der Waals surface area contributed by atoms with Gasteiger partial charge in [0, 0.05) is 12.8 Å². The third kappa shape index (κ3) is 13.6. The SMILES string of the molecule is N#CCCCSCOCSCCCC#N. The van der Waals surface area contributed by atoms with Gasteiger partial charge in [0.15, 0.2) is 0 Å². The lowest BCUT2D eigenvalue weighted by Crippen LogP contribution is -1.92. The Balaban J connectivity index is 2.88. The van der Waals surface area contributed by atoms with Crippen molar-refractivity contribution in [3.05, 3.63) is 0 Å². The Morgan fingerprint density at radius 3 is 1.73 bits per heavy atom. The summed E-state index contributed by atoms with van der Waals surface area (Å²) in [7, 11) is 0. The Bertz CT molecular complexity index is 188. The Labute approximate surface area is 100 Å². The van der Waals surface area contributed by atoms with Crippen molar-refractivity contribution in [2.24, 2.45) is 0 Å². The lowest BCUT2D eigenvalue weighted by molar-refractivity contribution is 0.240. The predicted octanol–water partition coefficient (Wildman–Crippen LogP) is 2.99. The first-order valence-electron chi connectivity index (χ1n) is 4.89. The van der Waals surface area contributed by atoms with E-state index in [0.29, 0.717) is 24.7 Å². The van der Waals surface area contributed by atoms with Gasteiger partial charge in [0.25, 0.3) is 0 Å². The molecule has 0 aromatic rings. The molecule has 0 aromatic heterocycles. The maximum absolute atomic E-state index is 8.29. The molecule has 0 aromatic carbocycles. The van der Waals surface area contributed by atoms with E-state index in [2.05, 4.69) is 12.1 Å². The summed E-state index contributed by atoms with van der Waals surface area (Å²) in [5.74, 6) is 3.40. The summed E-state index contributed by atoms with van der Waals surface area (Å²) in [5, 5.41) is 16.6. The molecule has 0 rings (SSSR count). The summed E-state index contributed by atoms with van der Waals surface area (Å²) >= 11 is 3.44. The van der Waals surface area contributed by atoms with Crippen molar-refractivity contribution in [2.45, 2.75) is 25.7 Å². The number of hydrogen-bond donors (Lipinski definition) is 0. The molecule has 0 atom stereocenters. The highest BCUT2D eigenvalue weighted by molar-refractivity contribution is 7.99. The molecular formula is C10H16N2OS2. The van der Waals surface area contributed by atoms with Crippen LogP contribution in [0.15, 0.2) is 0 Å². The van der Waals surface area contributed by atoms with Crippen LogP contribution in [0.5, 0.6) is 0 Å². The summed E-state index contributed by atoms with van der Waals surface area (Å²) in [6, 6.07) is 4.23. The minimum Gasteiger partial charge on any atom is -0.360 e. The molecule has 0 aliphatic heterocycles. The van der Waals surface area contributed by atoms with Gasteiger partial charge < -0.3 is 4.74 Å². The van der Waals surface area contributed by atoms with Crippen LogP contribution in [0.1, 0.15) is 25.7 Å². The second-order valence-electron chi connectivity index (χ2n) is 2.78. The topological polar surface area (TPSA) is 56.8 Å². The number of ether oxygens (including phenoxy) is 1. The average molecular weight is 244 g/mol. The second-order valence-corrected chi connectivity index (χ2v) is 4.88. The van der Waals surface area contributed by atoms with Crippen LogP contribution in [0, 0.1) is 22.7 Å². The normalized spacial score (nSPS) is 9.47. The number of nitriles is 2. The van der Waals surface area contributed by atoms with Crippen LogP contribution in [0.2, 0.25) is 0 Å². The van der Waals surface area contributed by atoms with E-state index in [-0.39, 0.29) is 0 Å². The fraction of sp³-hybridized carbons (Fsp3) is 0.800. The second kappa shape index (κ2) is 13.6. The van der Waals surface area contributed by atoms with Crippen molar-refractivity contribution in [2.75, 3.05) is 23.4 Å². The van der Waals surface area contributed by atoms with E-state index >= 15 is 0 Å². The zero-order chi connectivity index (χ0) is 11.2. The van der Waals surface area contributed by atoms with Crippen LogP contribution in [0.4, 0.5) is 0 Å². The van der Waals surface area contributed by atoms with Gasteiger partial charge in [0.05, 0.1) is 24.0 Å². The largest absolute Gasteiger partial charge is 0.360 e. The van der Waals surface area contributed by atoms with Crippen molar-refractivity contribution in [1.82, 2.24) is 0 Å². The number of thioether (sulfide) groups is 2. The van der Waals surface area contributed by atoms with Crippen molar-refractivity contribution >= 4 is 23.5 Å². The summed E-state index contributed by atoms with van der Waals surface area (Å²) in [4.78, 5) is 0. The van der Waals surface area contributed by atoms with Crippen LogP contribution in [0.3, 0.4) is 0 Å². The minimum absolute atomic E-state index is 0.635. The van der Waals surface area contributed by atoms with Gasteiger partial charge in [-0.2, -0.15) is 10.5 Å². The van der Waals surface area contributed by atoms with Gasteiger partial charge >= 0.3 is 0 Å². The molecule has 15 heavy (non-hydrogen) atoms. The molecule has 0 fully saturated rings. The monoisotopic (exact) mass is 244 g/mol. The van der Waals surface area contributed by atoms with E-state index in [9.17, 15) is 0 Å². The zero-order valence-electron chi connectivity index (χ0n) is 8.78. The van der Waals surface area contributed by atoms with Crippen molar-refractivity contribution in [3.8, 4) is 12.1 Å². The molecule has 0 saturated heterocycles. The van der Waals surface area contributed by atoms with Gasteiger partial charge in [0.1, 0.15) is 0 Å². The molecule has 0 bridgehead atoms. The molecular weight excluding hydrogens is 228 g/mol. The van der Waals surface area contributed by atoms with Crippen LogP contribution < -0.4 is 0 Å². The van der Waals surface area contributed by atoms with Crippen LogP contribution in [-0.4, -0.2) is 23.4 Å². The maximum atomic E-state index is 8.29. The quantitative estimate of drug-likeness (QED) is 0.437. The highest BCUT2D eigenvalue weighted by Crippen LogP contribution is 2.08. The van der Waals surface area contributed by atoms with Gasteiger partial charge in [0.2, 0.25) is 0 Å². The lowest BCUT2D eigenvalue weighted by Gasteiger charge is -2.02. The Hall–Kier alpha value is -0.360. The fourth-order valence-corrected chi connectivity index (χ4v) is 2.22. The van der Waals surface area contributed by atoms with Crippen molar-refractivity contribution in [3.63, 3.8) is 0 Å². The molecule has 0 aliphatic rings. The highest BCUT2D eigenvalue weighted by atomic mass is 32.2. The van der Waals surface area contributed by atoms with Crippen LogP contribution in [-0.2, 0) is 4.74 Å². The van der Waals surface area contributed by atoms with E-state index in [1.807, 2.05) is 0 Å². The molecule has 0 heterocycles. The third-order valence-electron chi connectivity index (χ3n) is 1.49. The Morgan fingerprint density at radius 2 is 1.33 bits per heavy atom. The van der Waals surface area contributed by atoms with E-state index in [0.717, 1.165) is 24.3 Å². The summed E-state index contributed by atoms with van der Waals surface area (Å²) in [5.41, 5.74) is 0. The van der Waals surface area contributed by atoms with Gasteiger partial charge in [-0.05, 0) is 24.3 Å². The molecule has 0 radical (unpaired) electrons. The van der Waals surface area contributed by atoms with E-state index in [1.165, 1.54) is 0 Å². The molecule has 0 spiro atoms. The lowest BCUT2D eigenvalue weighted by atomic mass is 10.4. The number of nitrogens with zero attached hydrogens (tertiary/aromatic N) is 2. The number of unbranched alkanes of at least 4 members (excludes halogenated alkanes) is 2. The first-order valence-corrected chi connectivity index (χ1v) is 7.20. The van der Waals surface area contributed by atoms with Crippen molar-refractivity contribution in [1.29, 1.82) is 10.5 Å². The van der Waals surface area contributed by atoms with E-state index in [1.54, 1.807) is 23.5 Å². The van der Waals surface area contributed by atoms with Crippen molar-refractivity contribution < 1.29 is 4.74 Å². The van der Waals surface area contributed by atoms with Gasteiger partial charge in [-0.1, -0.05) is 0 Å². The molecule has 0 N–H and O–H groups in total. The minimum atomic E-state index is 0.635. The maximum Gasteiger partial charge on any atom is 0.0932 e. The molecule has 84 valence electrons. The first kappa shape index (κ1) is 14.6. The molecule has 5 heteroatoms. The fourth-order valence-electron chi connectivity index (χ4n) is 0.776. The standard InChI is InChI=1S/C10H16N2OS2/c11-5-1-3-7-14-9-13-10-15-8-4-2-6-12/h1-4,7-10H2. The predicted molar refractivity (Wildman–Crippen MR) is 65.4 cm³/mol.